The summed E-state index contributed by atoms with van der Waals surface area (Å²) in [6.07, 6.45) is 2.80. The van der Waals surface area contributed by atoms with Crippen LogP contribution < -0.4 is 5.73 Å². The molecule has 10 heavy (non-hydrogen) atoms. The molecule has 0 bridgehead atoms. The highest BCUT2D eigenvalue weighted by molar-refractivity contribution is 5.02. The summed E-state index contributed by atoms with van der Waals surface area (Å²) in [6, 6.07) is 0.224. The first-order chi connectivity index (χ1) is 4.61. The van der Waals surface area contributed by atoms with Gasteiger partial charge in [-0.25, -0.2) is 0 Å². The van der Waals surface area contributed by atoms with E-state index < -0.39 is 0 Å². The Bertz CT molecular complexity index is 116. The first-order valence-corrected chi connectivity index (χ1v) is 4.05. The van der Waals surface area contributed by atoms with Crippen LogP contribution in [0.5, 0.6) is 0 Å². The van der Waals surface area contributed by atoms with Crippen LogP contribution in [-0.2, 0) is 0 Å². The van der Waals surface area contributed by atoms with Gasteiger partial charge in [-0.15, -0.1) is 0 Å². The van der Waals surface area contributed by atoms with Crippen molar-refractivity contribution in [3.8, 4) is 0 Å². The molecule has 0 saturated heterocycles. The molecule has 3 unspecified atom stereocenters. The van der Waals surface area contributed by atoms with Crippen molar-refractivity contribution < 1.29 is 5.11 Å². The molecule has 1 aliphatic rings. The van der Waals surface area contributed by atoms with Crippen LogP contribution in [0.1, 0.15) is 33.1 Å². The molecular formula is C8H17NO. The van der Waals surface area contributed by atoms with Gasteiger partial charge in [0.1, 0.15) is 0 Å². The lowest BCUT2D eigenvalue weighted by Crippen LogP contribution is -2.59. The van der Waals surface area contributed by atoms with Gasteiger partial charge in [-0.2, -0.15) is 0 Å². The average molecular weight is 143 g/mol. The molecule has 1 rings (SSSR count). The summed E-state index contributed by atoms with van der Waals surface area (Å²) in [5, 5.41) is 9.39. The fraction of sp³-hybridized carbons (Fsp3) is 1.00. The summed E-state index contributed by atoms with van der Waals surface area (Å²) in [7, 11) is 0. The van der Waals surface area contributed by atoms with Gasteiger partial charge in [-0.05, 0) is 12.8 Å². The van der Waals surface area contributed by atoms with Crippen molar-refractivity contribution in [2.75, 3.05) is 0 Å². The fourth-order valence-corrected chi connectivity index (χ4v) is 1.76. The van der Waals surface area contributed by atoms with E-state index >= 15 is 0 Å². The molecule has 1 saturated carbocycles. The maximum atomic E-state index is 9.39. The molecule has 0 amide bonds. The van der Waals surface area contributed by atoms with E-state index in [0.717, 1.165) is 19.3 Å². The Hall–Kier alpha value is -0.0800. The van der Waals surface area contributed by atoms with Crippen molar-refractivity contribution in [3.05, 3.63) is 0 Å². The average Bonchev–Trinajstić information content (AvgIpc) is 1.89. The summed E-state index contributed by atoms with van der Waals surface area (Å²) in [5.74, 6) is 0. The molecule has 0 aromatic heterocycles. The third kappa shape index (κ3) is 0.956. The number of hydrogen-bond acceptors (Lipinski definition) is 2. The molecule has 0 radical (unpaired) electrons. The van der Waals surface area contributed by atoms with E-state index in [9.17, 15) is 5.11 Å². The van der Waals surface area contributed by atoms with Gasteiger partial charge in [0.25, 0.3) is 0 Å². The maximum absolute atomic E-state index is 9.39. The Labute approximate surface area is 62.4 Å². The minimum atomic E-state index is -0.151. The number of nitrogens with two attached hydrogens (primary N) is 1. The summed E-state index contributed by atoms with van der Waals surface area (Å²) >= 11 is 0. The monoisotopic (exact) mass is 143 g/mol. The molecule has 0 aromatic carbocycles. The van der Waals surface area contributed by atoms with Gasteiger partial charge in [0.2, 0.25) is 0 Å². The summed E-state index contributed by atoms with van der Waals surface area (Å²) in [5.41, 5.74) is 5.80. The van der Waals surface area contributed by atoms with E-state index in [1.165, 1.54) is 0 Å². The second kappa shape index (κ2) is 2.51. The Morgan fingerprint density at radius 1 is 1.70 bits per heavy atom. The topological polar surface area (TPSA) is 46.2 Å². The number of aliphatic hydroxyl groups is 1. The molecule has 0 spiro atoms. The molecular weight excluding hydrogens is 126 g/mol. The Kier molecular flexibility index (Phi) is 2.02. The third-order valence-corrected chi connectivity index (χ3v) is 2.87. The molecule has 0 heterocycles. The second-order valence-electron chi connectivity index (χ2n) is 3.61. The van der Waals surface area contributed by atoms with E-state index in [1.54, 1.807) is 0 Å². The van der Waals surface area contributed by atoms with Crippen molar-refractivity contribution in [1.29, 1.82) is 0 Å². The van der Waals surface area contributed by atoms with Crippen molar-refractivity contribution in [3.63, 3.8) is 0 Å². The van der Waals surface area contributed by atoms with Gasteiger partial charge in [0.15, 0.2) is 0 Å². The first-order valence-electron chi connectivity index (χ1n) is 4.05. The van der Waals surface area contributed by atoms with Crippen LogP contribution in [0, 0.1) is 5.41 Å². The van der Waals surface area contributed by atoms with Crippen LogP contribution in [-0.4, -0.2) is 17.3 Å². The minimum absolute atomic E-state index is 0.0226. The molecule has 0 aromatic rings. The van der Waals surface area contributed by atoms with Gasteiger partial charge in [0, 0.05) is 11.5 Å². The zero-order valence-electron chi connectivity index (χ0n) is 6.80. The molecule has 1 aliphatic carbocycles. The van der Waals surface area contributed by atoms with Crippen molar-refractivity contribution in [2.24, 2.45) is 11.1 Å². The number of rotatable bonds is 2. The van der Waals surface area contributed by atoms with E-state index in [1.807, 2.05) is 0 Å². The second-order valence-corrected chi connectivity index (χ2v) is 3.61. The molecule has 2 nitrogen and oxygen atoms in total. The lowest BCUT2D eigenvalue weighted by atomic mass is 9.61. The van der Waals surface area contributed by atoms with Crippen molar-refractivity contribution in [2.45, 2.75) is 45.3 Å². The van der Waals surface area contributed by atoms with Crippen LogP contribution >= 0.6 is 0 Å². The van der Waals surface area contributed by atoms with Crippen LogP contribution in [0.25, 0.3) is 0 Å². The molecule has 2 heteroatoms. The lowest BCUT2D eigenvalue weighted by Gasteiger charge is -2.49. The third-order valence-electron chi connectivity index (χ3n) is 2.87. The summed E-state index contributed by atoms with van der Waals surface area (Å²) in [4.78, 5) is 0. The molecule has 3 atom stereocenters. The highest BCUT2D eigenvalue weighted by atomic mass is 16.3. The van der Waals surface area contributed by atoms with Crippen molar-refractivity contribution >= 4 is 0 Å². The molecule has 60 valence electrons. The van der Waals surface area contributed by atoms with E-state index in [2.05, 4.69) is 13.8 Å². The van der Waals surface area contributed by atoms with Gasteiger partial charge >= 0.3 is 0 Å². The quantitative estimate of drug-likeness (QED) is 0.603. The highest BCUT2D eigenvalue weighted by Crippen LogP contribution is 2.43. The smallest absolute Gasteiger partial charge is 0.0623 e. The molecule has 0 aliphatic heterocycles. The van der Waals surface area contributed by atoms with Gasteiger partial charge in [-0.3, -0.25) is 0 Å². The van der Waals surface area contributed by atoms with Crippen LogP contribution in [0.4, 0.5) is 0 Å². The first kappa shape index (κ1) is 8.02. The standard InChI is InChI=1S/C8H17NO/c1-3-4-8(2)6(9)5-7(8)10/h6-7,10H,3-5,9H2,1-2H3. The summed E-state index contributed by atoms with van der Waals surface area (Å²) < 4.78 is 0. The predicted molar refractivity (Wildman–Crippen MR) is 41.6 cm³/mol. The van der Waals surface area contributed by atoms with Gasteiger partial charge < -0.3 is 10.8 Å². The van der Waals surface area contributed by atoms with Crippen molar-refractivity contribution in [1.82, 2.24) is 0 Å². The Morgan fingerprint density at radius 2 is 2.30 bits per heavy atom. The van der Waals surface area contributed by atoms with Gasteiger partial charge in [0.05, 0.1) is 6.10 Å². The zero-order chi connectivity index (χ0) is 7.78. The zero-order valence-corrected chi connectivity index (χ0v) is 6.80. The maximum Gasteiger partial charge on any atom is 0.0623 e. The van der Waals surface area contributed by atoms with Crippen LogP contribution in [0.15, 0.2) is 0 Å². The normalized spacial score (nSPS) is 46.8. The Morgan fingerprint density at radius 3 is 2.50 bits per heavy atom. The minimum Gasteiger partial charge on any atom is -0.392 e. The lowest BCUT2D eigenvalue weighted by molar-refractivity contribution is -0.0770. The fourth-order valence-electron chi connectivity index (χ4n) is 1.76. The van der Waals surface area contributed by atoms with E-state index in [4.69, 9.17) is 5.73 Å². The summed E-state index contributed by atoms with van der Waals surface area (Å²) in [6.45, 7) is 4.21. The highest BCUT2D eigenvalue weighted by Gasteiger charge is 2.47. The number of hydrogen-bond donors (Lipinski definition) is 2. The molecule has 3 N–H and O–H groups in total. The van der Waals surface area contributed by atoms with Crippen LogP contribution in [0.2, 0.25) is 0 Å². The van der Waals surface area contributed by atoms with E-state index in [0.29, 0.717) is 0 Å². The predicted octanol–water partition coefficient (Wildman–Crippen LogP) is 0.885. The SMILES string of the molecule is CCCC1(C)C(N)CC1O. The number of aliphatic hydroxyl groups excluding tert-OH is 1. The largest absolute Gasteiger partial charge is 0.392 e. The Balaban J connectivity index is 2.48. The molecule has 1 fully saturated rings. The van der Waals surface area contributed by atoms with E-state index in [-0.39, 0.29) is 17.6 Å². The van der Waals surface area contributed by atoms with Crippen LogP contribution in [0.3, 0.4) is 0 Å². The van der Waals surface area contributed by atoms with Gasteiger partial charge in [-0.1, -0.05) is 20.3 Å².